The van der Waals surface area contributed by atoms with Crippen molar-refractivity contribution in [3.05, 3.63) is 70.8 Å². The Bertz CT molecular complexity index is 1360. The quantitative estimate of drug-likeness (QED) is 0.549. The molecule has 0 radical (unpaired) electrons. The molecular weight excluding hydrogens is 554 g/mol. The number of nitrogens with one attached hydrogen (secondary N) is 2. The van der Waals surface area contributed by atoms with Gasteiger partial charge in [0.05, 0.1) is 13.1 Å². The maximum absolute atomic E-state index is 14.0. The fourth-order valence-electron chi connectivity index (χ4n) is 6.79. The molecule has 2 aromatic rings. The Balaban J connectivity index is 1.36. The molecule has 3 aliphatic rings. The Kier molecular flexibility index (Phi) is 10.4. The molecule has 9 heteroatoms. The van der Waals surface area contributed by atoms with E-state index in [2.05, 4.69) is 47.6 Å². The first-order valence-electron chi connectivity index (χ1n) is 16.3. The zero-order valence-corrected chi connectivity index (χ0v) is 26.3. The summed E-state index contributed by atoms with van der Waals surface area (Å²) in [4.78, 5) is 60.2. The van der Waals surface area contributed by atoms with Crippen LogP contribution in [0.25, 0.3) is 0 Å². The molecule has 9 nitrogen and oxygen atoms in total. The topological polar surface area (TPSA) is 102 Å². The largest absolute Gasteiger partial charge is 0.352 e. The van der Waals surface area contributed by atoms with Gasteiger partial charge in [-0.05, 0) is 66.7 Å². The fraction of sp³-hybridized carbons (Fsp3) is 0.543. The van der Waals surface area contributed by atoms with Gasteiger partial charge in [0.15, 0.2) is 0 Å². The van der Waals surface area contributed by atoms with E-state index >= 15 is 0 Å². The lowest BCUT2D eigenvalue weighted by Crippen LogP contribution is -2.60. The summed E-state index contributed by atoms with van der Waals surface area (Å²) >= 11 is 0. The molecule has 2 heterocycles. The minimum Gasteiger partial charge on any atom is -0.352 e. The normalized spacial score (nSPS) is 22.2. The van der Waals surface area contributed by atoms with E-state index < -0.39 is 5.54 Å². The number of hydrogen-bond donors (Lipinski definition) is 2. The highest BCUT2D eigenvalue weighted by atomic mass is 16.2. The number of hydrogen-bond acceptors (Lipinski definition) is 5. The second-order valence-electron chi connectivity index (χ2n) is 12.9. The van der Waals surface area contributed by atoms with Crippen molar-refractivity contribution in [2.24, 2.45) is 5.92 Å². The minimum absolute atomic E-state index is 0.000801. The van der Waals surface area contributed by atoms with Crippen LogP contribution in [0.4, 0.5) is 0 Å². The molecule has 0 aromatic heterocycles. The third-order valence-corrected chi connectivity index (χ3v) is 9.29. The average molecular weight is 602 g/mol. The molecule has 0 saturated carbocycles. The lowest BCUT2D eigenvalue weighted by atomic mass is 9.75. The number of fused-ring (bicyclic) bond motifs is 3. The SMILES string of the molecule is CC(C)CCN1CC(=O)NC2(CCCc3ccccc32)C(=O)NCCN(C(=O)CN2CCc3ccccc3C2)CCCC1=O. The van der Waals surface area contributed by atoms with Gasteiger partial charge in [-0.3, -0.25) is 24.1 Å². The monoisotopic (exact) mass is 601 g/mol. The van der Waals surface area contributed by atoms with Crippen LogP contribution in [0.15, 0.2) is 48.5 Å². The zero-order valence-electron chi connectivity index (χ0n) is 26.3. The van der Waals surface area contributed by atoms with Gasteiger partial charge in [-0.1, -0.05) is 62.4 Å². The molecule has 1 spiro atoms. The third-order valence-electron chi connectivity index (χ3n) is 9.29. The Morgan fingerprint density at radius 1 is 0.864 bits per heavy atom. The summed E-state index contributed by atoms with van der Waals surface area (Å²) in [5.74, 6) is -0.321. The van der Waals surface area contributed by atoms with Gasteiger partial charge in [0.25, 0.3) is 5.91 Å². The van der Waals surface area contributed by atoms with Crippen LogP contribution >= 0.6 is 0 Å². The van der Waals surface area contributed by atoms with E-state index in [-0.39, 0.29) is 43.1 Å². The lowest BCUT2D eigenvalue weighted by molar-refractivity contribution is -0.140. The smallest absolute Gasteiger partial charge is 0.250 e. The van der Waals surface area contributed by atoms with Crippen molar-refractivity contribution >= 4 is 23.6 Å². The second kappa shape index (κ2) is 14.4. The molecule has 44 heavy (non-hydrogen) atoms. The summed E-state index contributed by atoms with van der Waals surface area (Å²) < 4.78 is 0. The molecule has 1 saturated heterocycles. The number of aryl methyl sites for hydroxylation is 1. The van der Waals surface area contributed by atoms with Gasteiger partial charge >= 0.3 is 0 Å². The van der Waals surface area contributed by atoms with E-state index in [0.29, 0.717) is 44.9 Å². The number of rotatable bonds is 5. The van der Waals surface area contributed by atoms with Crippen molar-refractivity contribution < 1.29 is 19.2 Å². The summed E-state index contributed by atoms with van der Waals surface area (Å²) in [7, 11) is 0. The van der Waals surface area contributed by atoms with E-state index in [1.807, 2.05) is 30.3 Å². The maximum Gasteiger partial charge on any atom is 0.250 e. The predicted molar refractivity (Wildman–Crippen MR) is 169 cm³/mol. The predicted octanol–water partition coefficient (Wildman–Crippen LogP) is 3.01. The van der Waals surface area contributed by atoms with E-state index in [0.717, 1.165) is 49.9 Å². The Hall–Kier alpha value is -3.72. The fourth-order valence-corrected chi connectivity index (χ4v) is 6.79. The molecule has 1 unspecified atom stereocenters. The van der Waals surface area contributed by atoms with E-state index in [4.69, 9.17) is 0 Å². The second-order valence-corrected chi connectivity index (χ2v) is 12.9. The van der Waals surface area contributed by atoms with Gasteiger partial charge in [-0.15, -0.1) is 0 Å². The molecule has 1 fully saturated rings. The minimum atomic E-state index is -1.22. The molecule has 1 aliphatic carbocycles. The van der Waals surface area contributed by atoms with Gasteiger partial charge in [0.2, 0.25) is 17.7 Å². The van der Waals surface area contributed by atoms with Crippen LogP contribution in [0.5, 0.6) is 0 Å². The highest BCUT2D eigenvalue weighted by Gasteiger charge is 2.44. The van der Waals surface area contributed by atoms with E-state index in [9.17, 15) is 19.2 Å². The molecule has 4 amide bonds. The van der Waals surface area contributed by atoms with Crippen LogP contribution in [-0.4, -0.2) is 84.1 Å². The highest BCUT2D eigenvalue weighted by molar-refractivity contribution is 5.94. The van der Waals surface area contributed by atoms with Crippen molar-refractivity contribution in [2.45, 2.75) is 70.9 Å². The Morgan fingerprint density at radius 2 is 1.61 bits per heavy atom. The molecule has 2 N–H and O–H groups in total. The standard InChI is InChI=1S/C35H47N5O4/c1-26(2)15-21-40-24-31(41)37-35(17-7-12-28-10-5-6-13-30(28)35)34(44)36-18-22-39(19-8-14-32(40)42)33(43)25-38-20-16-27-9-3-4-11-29(27)23-38/h3-6,9-11,13,26H,7-8,12,14-25H2,1-2H3,(H,36,44)(H,37,41). The van der Waals surface area contributed by atoms with Crippen LogP contribution in [0.1, 0.15) is 68.2 Å². The summed E-state index contributed by atoms with van der Waals surface area (Å²) in [6.07, 6.45) is 4.51. The molecule has 2 aliphatic heterocycles. The summed E-state index contributed by atoms with van der Waals surface area (Å²) in [6.45, 7) is 7.44. The number of nitrogens with zero attached hydrogens (tertiary/aromatic N) is 3. The average Bonchev–Trinajstić information content (AvgIpc) is 3.01. The van der Waals surface area contributed by atoms with Crippen molar-refractivity contribution in [1.82, 2.24) is 25.3 Å². The molecular formula is C35H47N5O4. The van der Waals surface area contributed by atoms with Gasteiger partial charge in [0.1, 0.15) is 5.54 Å². The third kappa shape index (κ3) is 7.49. The van der Waals surface area contributed by atoms with Crippen LogP contribution in [0, 0.1) is 5.92 Å². The lowest BCUT2D eigenvalue weighted by Gasteiger charge is -2.39. The van der Waals surface area contributed by atoms with Crippen LogP contribution in [0.2, 0.25) is 0 Å². The zero-order chi connectivity index (χ0) is 31.1. The highest BCUT2D eigenvalue weighted by Crippen LogP contribution is 2.36. The van der Waals surface area contributed by atoms with Gasteiger partial charge < -0.3 is 20.4 Å². The first-order chi connectivity index (χ1) is 21.2. The molecule has 0 bridgehead atoms. The van der Waals surface area contributed by atoms with Crippen LogP contribution in [0.3, 0.4) is 0 Å². The summed E-state index contributed by atoms with van der Waals surface area (Å²) in [5.41, 5.74) is 3.22. The summed E-state index contributed by atoms with van der Waals surface area (Å²) in [5, 5.41) is 6.17. The summed E-state index contributed by atoms with van der Waals surface area (Å²) in [6, 6.07) is 16.2. The van der Waals surface area contributed by atoms with Gasteiger partial charge in [0, 0.05) is 45.7 Å². The molecule has 5 rings (SSSR count). The van der Waals surface area contributed by atoms with E-state index in [1.54, 1.807) is 9.80 Å². The van der Waals surface area contributed by atoms with Crippen molar-refractivity contribution in [3.8, 4) is 0 Å². The Labute approximate surface area is 261 Å². The number of amides is 4. The van der Waals surface area contributed by atoms with Crippen molar-refractivity contribution in [1.29, 1.82) is 0 Å². The maximum atomic E-state index is 14.0. The van der Waals surface area contributed by atoms with E-state index in [1.165, 1.54) is 11.1 Å². The van der Waals surface area contributed by atoms with Gasteiger partial charge in [-0.2, -0.15) is 0 Å². The number of carbonyl (C=O) groups excluding carboxylic acids is 4. The van der Waals surface area contributed by atoms with Crippen LogP contribution < -0.4 is 10.6 Å². The first kappa shape index (κ1) is 31.7. The Morgan fingerprint density at radius 3 is 2.41 bits per heavy atom. The number of benzene rings is 2. The van der Waals surface area contributed by atoms with Gasteiger partial charge in [-0.25, -0.2) is 0 Å². The molecule has 236 valence electrons. The van der Waals surface area contributed by atoms with Crippen molar-refractivity contribution in [3.63, 3.8) is 0 Å². The van der Waals surface area contributed by atoms with Crippen molar-refractivity contribution in [2.75, 3.05) is 45.8 Å². The first-order valence-corrected chi connectivity index (χ1v) is 16.3. The molecule has 1 atom stereocenters. The molecule has 2 aromatic carbocycles. The number of carbonyl (C=O) groups is 4. The van der Waals surface area contributed by atoms with Crippen LogP contribution in [-0.2, 0) is 44.1 Å².